The number of amides is 1. The molecule has 0 saturated heterocycles. The Balaban J connectivity index is 2.21. The van der Waals surface area contributed by atoms with Crippen molar-refractivity contribution in [3.8, 4) is 0 Å². The highest BCUT2D eigenvalue weighted by molar-refractivity contribution is 7.99. The third-order valence-corrected chi connectivity index (χ3v) is 3.14. The predicted octanol–water partition coefficient (Wildman–Crippen LogP) is 2.24. The molecule has 0 spiro atoms. The van der Waals surface area contributed by atoms with Gasteiger partial charge in [0.1, 0.15) is 5.82 Å². The Hall–Kier alpha value is -1.07. The Morgan fingerprint density at radius 1 is 1.41 bits per heavy atom. The number of hydrogen-bond acceptors (Lipinski definition) is 3. The predicted molar refractivity (Wildman–Crippen MR) is 70.6 cm³/mol. The summed E-state index contributed by atoms with van der Waals surface area (Å²) in [5.74, 6) is 1.31. The first-order valence-electron chi connectivity index (χ1n) is 5.55. The maximum Gasteiger partial charge on any atom is 0.225 e. The molecule has 0 aromatic heterocycles. The van der Waals surface area contributed by atoms with E-state index in [1.54, 1.807) is 23.9 Å². The highest BCUT2D eigenvalue weighted by Gasteiger charge is 2.02. The van der Waals surface area contributed by atoms with Crippen molar-refractivity contribution >= 4 is 23.4 Å². The average Bonchev–Trinajstić information content (AvgIpc) is 2.29. The van der Waals surface area contributed by atoms with Crippen LogP contribution in [-0.2, 0) is 4.79 Å². The summed E-state index contributed by atoms with van der Waals surface area (Å²) in [6.45, 7) is 0.683. The van der Waals surface area contributed by atoms with Crippen LogP contribution in [0.15, 0.2) is 24.3 Å². The monoisotopic (exact) mass is 256 g/mol. The van der Waals surface area contributed by atoms with E-state index in [4.69, 9.17) is 5.73 Å². The van der Waals surface area contributed by atoms with Gasteiger partial charge in [-0.15, -0.1) is 0 Å². The molecule has 0 bridgehead atoms. The number of nitrogens with one attached hydrogen (secondary N) is 1. The van der Waals surface area contributed by atoms with Crippen LogP contribution in [0.5, 0.6) is 0 Å². The number of benzene rings is 1. The standard InChI is InChI=1S/C12H17FN2OS/c13-10-3-1-4-11(9-10)15-12(16)5-8-17-7-2-6-14/h1,3-4,9H,2,5-8,14H2,(H,15,16). The van der Waals surface area contributed by atoms with Crippen molar-refractivity contribution in [2.75, 3.05) is 23.4 Å². The third kappa shape index (κ3) is 6.28. The summed E-state index contributed by atoms with van der Waals surface area (Å²) in [5, 5.41) is 2.66. The van der Waals surface area contributed by atoms with Crippen LogP contribution in [0, 0.1) is 5.82 Å². The van der Waals surface area contributed by atoms with E-state index in [-0.39, 0.29) is 11.7 Å². The first-order valence-corrected chi connectivity index (χ1v) is 6.71. The maximum atomic E-state index is 12.8. The van der Waals surface area contributed by atoms with Crippen LogP contribution in [-0.4, -0.2) is 24.0 Å². The fraction of sp³-hybridized carbons (Fsp3) is 0.417. The molecule has 0 radical (unpaired) electrons. The Kier molecular flexibility index (Phi) is 6.65. The number of anilines is 1. The van der Waals surface area contributed by atoms with Crippen LogP contribution in [0.25, 0.3) is 0 Å². The lowest BCUT2D eigenvalue weighted by Gasteiger charge is -2.05. The highest BCUT2D eigenvalue weighted by atomic mass is 32.2. The van der Waals surface area contributed by atoms with Crippen LogP contribution in [0.4, 0.5) is 10.1 Å². The van der Waals surface area contributed by atoms with Crippen LogP contribution in [0.1, 0.15) is 12.8 Å². The van der Waals surface area contributed by atoms with Gasteiger partial charge in [-0.3, -0.25) is 4.79 Å². The molecule has 0 unspecified atom stereocenters. The zero-order chi connectivity index (χ0) is 12.5. The minimum Gasteiger partial charge on any atom is -0.330 e. The van der Waals surface area contributed by atoms with E-state index >= 15 is 0 Å². The van der Waals surface area contributed by atoms with Gasteiger partial charge in [-0.05, 0) is 36.9 Å². The highest BCUT2D eigenvalue weighted by Crippen LogP contribution is 2.10. The number of hydrogen-bond donors (Lipinski definition) is 2. The van der Waals surface area contributed by atoms with Gasteiger partial charge in [-0.2, -0.15) is 11.8 Å². The van der Waals surface area contributed by atoms with Gasteiger partial charge < -0.3 is 11.1 Å². The topological polar surface area (TPSA) is 55.1 Å². The average molecular weight is 256 g/mol. The van der Waals surface area contributed by atoms with Crippen molar-refractivity contribution in [1.29, 1.82) is 0 Å². The zero-order valence-corrected chi connectivity index (χ0v) is 10.4. The minimum atomic E-state index is -0.347. The van der Waals surface area contributed by atoms with Crippen molar-refractivity contribution in [1.82, 2.24) is 0 Å². The molecule has 0 atom stereocenters. The van der Waals surface area contributed by atoms with Gasteiger partial charge in [0.2, 0.25) is 5.91 Å². The minimum absolute atomic E-state index is 0.0872. The second kappa shape index (κ2) is 8.08. The lowest BCUT2D eigenvalue weighted by Crippen LogP contribution is -2.12. The fourth-order valence-corrected chi connectivity index (χ4v) is 2.15. The van der Waals surface area contributed by atoms with Crippen LogP contribution < -0.4 is 11.1 Å². The largest absolute Gasteiger partial charge is 0.330 e. The van der Waals surface area contributed by atoms with Gasteiger partial charge in [-0.1, -0.05) is 6.07 Å². The van der Waals surface area contributed by atoms with Crippen LogP contribution in [0.2, 0.25) is 0 Å². The van der Waals surface area contributed by atoms with Crippen LogP contribution in [0.3, 0.4) is 0 Å². The smallest absolute Gasteiger partial charge is 0.225 e. The molecule has 5 heteroatoms. The molecule has 0 aliphatic heterocycles. The third-order valence-electron chi connectivity index (χ3n) is 2.07. The molecule has 0 aliphatic carbocycles. The van der Waals surface area contributed by atoms with E-state index in [1.807, 2.05) is 0 Å². The lowest BCUT2D eigenvalue weighted by atomic mass is 10.3. The van der Waals surface area contributed by atoms with E-state index in [1.165, 1.54) is 12.1 Å². The quantitative estimate of drug-likeness (QED) is 0.736. The number of halogens is 1. The first-order chi connectivity index (χ1) is 8.22. The molecule has 0 fully saturated rings. The summed E-state index contributed by atoms with van der Waals surface area (Å²) >= 11 is 1.70. The molecule has 1 rings (SSSR count). The summed E-state index contributed by atoms with van der Waals surface area (Å²) in [4.78, 5) is 11.5. The molecular formula is C12H17FN2OS. The van der Waals surface area contributed by atoms with Gasteiger partial charge in [0.15, 0.2) is 0 Å². The molecular weight excluding hydrogens is 239 g/mol. The van der Waals surface area contributed by atoms with Crippen LogP contribution >= 0.6 is 11.8 Å². The number of nitrogens with two attached hydrogens (primary N) is 1. The first kappa shape index (κ1) is 14.0. The number of rotatable bonds is 7. The second-order valence-electron chi connectivity index (χ2n) is 3.56. The molecule has 3 nitrogen and oxygen atoms in total. The van der Waals surface area contributed by atoms with E-state index in [9.17, 15) is 9.18 Å². The maximum absolute atomic E-state index is 12.8. The van der Waals surface area contributed by atoms with E-state index in [2.05, 4.69) is 5.32 Å². The van der Waals surface area contributed by atoms with Crippen molar-refractivity contribution in [3.63, 3.8) is 0 Å². The van der Waals surface area contributed by atoms with Gasteiger partial charge >= 0.3 is 0 Å². The fourth-order valence-electron chi connectivity index (χ4n) is 1.24. The molecule has 0 saturated carbocycles. The molecule has 1 aromatic rings. The second-order valence-corrected chi connectivity index (χ2v) is 4.79. The van der Waals surface area contributed by atoms with Crippen molar-refractivity contribution < 1.29 is 9.18 Å². The van der Waals surface area contributed by atoms with Gasteiger partial charge in [0.25, 0.3) is 0 Å². The molecule has 17 heavy (non-hydrogen) atoms. The Bertz CT molecular complexity index is 360. The summed E-state index contributed by atoms with van der Waals surface area (Å²) in [6.07, 6.45) is 1.40. The molecule has 94 valence electrons. The molecule has 1 aromatic carbocycles. The number of carbonyl (C=O) groups excluding carboxylic acids is 1. The van der Waals surface area contributed by atoms with E-state index in [0.29, 0.717) is 18.7 Å². The number of thioether (sulfide) groups is 1. The lowest BCUT2D eigenvalue weighted by molar-refractivity contribution is -0.115. The summed E-state index contributed by atoms with van der Waals surface area (Å²) in [7, 11) is 0. The van der Waals surface area contributed by atoms with Gasteiger partial charge in [0.05, 0.1) is 0 Å². The molecule has 0 aliphatic rings. The van der Waals surface area contributed by atoms with Crippen molar-refractivity contribution in [2.45, 2.75) is 12.8 Å². The summed E-state index contributed by atoms with van der Waals surface area (Å²) < 4.78 is 12.8. The SMILES string of the molecule is NCCCSCCC(=O)Nc1cccc(F)c1. The summed E-state index contributed by atoms with van der Waals surface area (Å²) in [6, 6.07) is 5.89. The Morgan fingerprint density at radius 3 is 2.94 bits per heavy atom. The molecule has 0 heterocycles. The van der Waals surface area contributed by atoms with Crippen molar-refractivity contribution in [3.05, 3.63) is 30.1 Å². The zero-order valence-electron chi connectivity index (χ0n) is 9.62. The van der Waals surface area contributed by atoms with Crippen molar-refractivity contribution in [2.24, 2.45) is 5.73 Å². The van der Waals surface area contributed by atoms with E-state index in [0.717, 1.165) is 17.9 Å². The number of carbonyl (C=O) groups is 1. The Morgan fingerprint density at radius 2 is 2.24 bits per heavy atom. The van der Waals surface area contributed by atoms with Gasteiger partial charge in [-0.25, -0.2) is 4.39 Å². The summed E-state index contributed by atoms with van der Waals surface area (Å²) in [5.41, 5.74) is 5.86. The van der Waals surface area contributed by atoms with Gasteiger partial charge in [0, 0.05) is 17.9 Å². The van der Waals surface area contributed by atoms with E-state index < -0.39 is 0 Å². The Labute approximate surface area is 105 Å². The normalized spacial score (nSPS) is 10.2. The molecule has 3 N–H and O–H groups in total. The molecule has 1 amide bonds.